The zero-order valence-corrected chi connectivity index (χ0v) is 72.9. The van der Waals surface area contributed by atoms with Crippen LogP contribution in [0.15, 0.2) is 134 Å². The first-order valence-corrected chi connectivity index (χ1v) is 46.9. The van der Waals surface area contributed by atoms with Crippen molar-refractivity contribution in [1.82, 2.24) is 5.32 Å². The fraction of sp³-hybridized carbons (Fsp3) is 0.765. The topological polar surface area (TPSA) is 307 Å². The molecule has 19 heteroatoms. The van der Waals surface area contributed by atoms with Gasteiger partial charge in [-0.3, -0.25) is 4.79 Å². The molecule has 3 heterocycles. The van der Waals surface area contributed by atoms with Crippen LogP contribution >= 0.6 is 0 Å². The maximum atomic E-state index is 13.5. The lowest BCUT2D eigenvalue weighted by atomic mass is 9.96. The van der Waals surface area contributed by atoms with Crippen molar-refractivity contribution in [3.8, 4) is 0 Å². The molecule has 3 aliphatic rings. The summed E-state index contributed by atoms with van der Waals surface area (Å²) in [6.07, 6.45) is 83.2. The van der Waals surface area contributed by atoms with Crippen LogP contribution in [0.2, 0.25) is 0 Å². The van der Waals surface area contributed by atoms with Gasteiger partial charge in [0.25, 0.3) is 0 Å². The third-order valence-corrected chi connectivity index (χ3v) is 22.4. The molecule has 19 nitrogen and oxygen atoms in total. The molecule has 0 aliphatic carbocycles. The van der Waals surface area contributed by atoms with Crippen LogP contribution in [0.1, 0.15) is 348 Å². The van der Waals surface area contributed by atoms with Gasteiger partial charge in [0.15, 0.2) is 18.9 Å². The highest BCUT2D eigenvalue weighted by Crippen LogP contribution is 2.34. The van der Waals surface area contributed by atoms with Crippen molar-refractivity contribution in [2.75, 3.05) is 26.4 Å². The summed E-state index contributed by atoms with van der Waals surface area (Å²) in [6.45, 7) is 1.64. The number of hydrogen-bond acceptors (Lipinski definition) is 18. The van der Waals surface area contributed by atoms with Gasteiger partial charge in [-0.05, 0) is 103 Å². The van der Waals surface area contributed by atoms with Gasteiger partial charge in [-0.15, -0.1) is 0 Å². The predicted molar refractivity (Wildman–Crippen MR) is 475 cm³/mol. The van der Waals surface area contributed by atoms with E-state index in [4.69, 9.17) is 28.4 Å². The van der Waals surface area contributed by atoms with Gasteiger partial charge in [-0.1, -0.05) is 372 Å². The van der Waals surface area contributed by atoms with E-state index in [1.807, 2.05) is 6.08 Å². The van der Waals surface area contributed by atoms with Gasteiger partial charge in [-0.25, -0.2) is 0 Å². The monoisotopic (exact) mass is 1650 g/mol. The van der Waals surface area contributed by atoms with Crippen LogP contribution in [0, 0.1) is 0 Å². The fourth-order valence-corrected chi connectivity index (χ4v) is 15.0. The highest BCUT2D eigenvalue weighted by atomic mass is 16.8. The van der Waals surface area contributed by atoms with Gasteiger partial charge in [0.1, 0.15) is 73.2 Å². The van der Waals surface area contributed by atoms with Crippen molar-refractivity contribution in [3.63, 3.8) is 0 Å². The predicted octanol–water partition coefficient (Wildman–Crippen LogP) is 18.7. The quantitative estimate of drug-likeness (QED) is 0.0199. The van der Waals surface area contributed by atoms with Crippen LogP contribution in [0.25, 0.3) is 0 Å². The SMILES string of the molecule is CC/C=C\C/C=C\C/C=C\C/C=C\C/C=C\C/C=C\C/C=C\C/C=C\C/C=C\CCCCCCCCCCCCCC(=O)NC(COC1OC(CO)C(OC2OC(CO)C(OC3OC(CO)C(O)C(O)C3O)C(O)C2O)C(O)C1O)C(O)/C=C/CC/C=C/CCCCCCCCCCCCCCCCCCCCCCCCCCCCC. The summed E-state index contributed by atoms with van der Waals surface area (Å²) in [5.41, 5.74) is 0. The first-order valence-electron chi connectivity index (χ1n) is 46.9. The second-order valence-electron chi connectivity index (χ2n) is 32.7. The Morgan fingerprint density at radius 2 is 0.598 bits per heavy atom. The molecule has 117 heavy (non-hydrogen) atoms. The Labute approximate surface area is 709 Å². The number of ether oxygens (including phenoxy) is 6. The maximum absolute atomic E-state index is 13.5. The number of nitrogens with one attached hydrogen (secondary N) is 1. The average Bonchev–Trinajstić information content (AvgIpc) is 0.777. The number of carbonyl (C=O) groups is 1. The van der Waals surface area contributed by atoms with E-state index < -0.39 is 124 Å². The molecule has 3 saturated heterocycles. The number of unbranched alkanes of at least 4 members (excludes halogenated alkanes) is 39. The van der Waals surface area contributed by atoms with E-state index in [1.54, 1.807) is 6.08 Å². The highest BCUT2D eigenvalue weighted by Gasteiger charge is 2.54. The Balaban J connectivity index is 1.33. The van der Waals surface area contributed by atoms with Crippen LogP contribution in [0.5, 0.6) is 0 Å². The van der Waals surface area contributed by atoms with Crippen LogP contribution in [0.4, 0.5) is 0 Å². The van der Waals surface area contributed by atoms with E-state index in [0.717, 1.165) is 109 Å². The number of allylic oxidation sites excluding steroid dienone is 21. The molecule has 0 radical (unpaired) electrons. The Bertz CT molecular complexity index is 2630. The minimum atomic E-state index is -1.99. The second-order valence-corrected chi connectivity index (χ2v) is 32.7. The van der Waals surface area contributed by atoms with Crippen molar-refractivity contribution >= 4 is 5.91 Å². The van der Waals surface area contributed by atoms with Crippen LogP contribution < -0.4 is 5.32 Å². The lowest BCUT2D eigenvalue weighted by molar-refractivity contribution is -0.379. The number of rotatable bonds is 75. The van der Waals surface area contributed by atoms with E-state index in [1.165, 1.54) is 205 Å². The number of amides is 1. The summed E-state index contributed by atoms with van der Waals surface area (Å²) < 4.78 is 34.5. The fourth-order valence-electron chi connectivity index (χ4n) is 15.0. The van der Waals surface area contributed by atoms with Gasteiger partial charge in [-0.2, -0.15) is 0 Å². The summed E-state index contributed by atoms with van der Waals surface area (Å²) in [4.78, 5) is 13.5. The van der Waals surface area contributed by atoms with E-state index in [-0.39, 0.29) is 18.9 Å². The molecule has 3 rings (SSSR count). The molecule has 0 aromatic heterocycles. The maximum Gasteiger partial charge on any atom is 0.220 e. The lowest BCUT2D eigenvalue weighted by Gasteiger charge is -2.48. The molecule has 0 aromatic rings. The van der Waals surface area contributed by atoms with Gasteiger partial charge in [0.05, 0.1) is 38.6 Å². The summed E-state index contributed by atoms with van der Waals surface area (Å²) in [5.74, 6) is -0.290. The Morgan fingerprint density at radius 1 is 0.316 bits per heavy atom. The van der Waals surface area contributed by atoms with Crippen molar-refractivity contribution in [1.29, 1.82) is 0 Å². The third-order valence-electron chi connectivity index (χ3n) is 22.4. The van der Waals surface area contributed by atoms with Crippen molar-refractivity contribution < 1.29 is 89.4 Å². The molecule has 0 saturated carbocycles. The Kier molecular flexibility index (Phi) is 69.3. The summed E-state index contributed by atoms with van der Waals surface area (Å²) >= 11 is 0. The van der Waals surface area contributed by atoms with E-state index in [2.05, 4.69) is 141 Å². The molecule has 0 aromatic carbocycles. The molecule has 17 atom stereocenters. The van der Waals surface area contributed by atoms with E-state index in [0.29, 0.717) is 12.8 Å². The average molecular weight is 1650 g/mol. The smallest absolute Gasteiger partial charge is 0.220 e. The standard InChI is InChI=1S/C98H169NO18/c1-3-5-7-9-11-13-15-17-19-21-23-25-27-29-31-33-35-37-38-39-40-41-42-44-46-48-50-52-54-56-58-60-62-64-66-68-70-72-74-76-86(104)99-81(82(103)75-73-71-69-67-65-63-61-59-57-55-53-51-49-47-45-43-36-34-32-30-28-26-24-22-20-18-16-14-12-10-8-6-4-2)80-112-96-92(110)89(107)94(84(78-101)114-96)117-98-93(111)90(108)95(85(79-102)115-98)116-97-91(109)88(106)87(105)83(77-100)113-97/h5,7,11,13,17,19,23,25,29,31,35,37,39-40,42,44,48,50,65,67,73,75,81-85,87-98,100-103,105-111H,3-4,6,8-10,12,14-16,18,20-22,24,26-28,30,32-34,36,38,41,43,45-47,49,51-64,66,68-72,74,76-80H2,1-2H3,(H,99,104)/b7-5-,13-11-,19-17-,25-23-,31-29-,37-35-,40-39-,44-42-,50-48-,67-65+,75-73+. The summed E-state index contributed by atoms with van der Waals surface area (Å²) in [6, 6.07) is -1.00. The highest BCUT2D eigenvalue weighted by molar-refractivity contribution is 5.76. The molecule has 674 valence electrons. The summed E-state index contributed by atoms with van der Waals surface area (Å²) in [7, 11) is 0. The lowest BCUT2D eigenvalue weighted by Crippen LogP contribution is -2.66. The number of aliphatic hydroxyl groups excluding tert-OH is 11. The number of aliphatic hydroxyl groups is 11. The molecule has 1 amide bonds. The number of carbonyl (C=O) groups excluding carboxylic acids is 1. The third kappa shape index (κ3) is 53.6. The molecular weight excluding hydrogens is 1480 g/mol. The van der Waals surface area contributed by atoms with Crippen molar-refractivity contribution in [3.05, 3.63) is 134 Å². The Hall–Kier alpha value is -4.07. The molecular formula is C98H169NO18. The zero-order chi connectivity index (χ0) is 84.5. The van der Waals surface area contributed by atoms with Gasteiger partial charge in [0, 0.05) is 6.42 Å². The first kappa shape index (κ1) is 107. The molecule has 3 aliphatic heterocycles. The Morgan fingerprint density at radius 3 is 0.957 bits per heavy atom. The van der Waals surface area contributed by atoms with Crippen molar-refractivity contribution in [2.45, 2.75) is 452 Å². The van der Waals surface area contributed by atoms with Gasteiger partial charge in [0.2, 0.25) is 5.91 Å². The van der Waals surface area contributed by atoms with Crippen LogP contribution in [0.3, 0.4) is 0 Å². The minimum absolute atomic E-state index is 0.224. The van der Waals surface area contributed by atoms with Crippen molar-refractivity contribution in [2.24, 2.45) is 0 Å². The molecule has 0 bridgehead atoms. The molecule has 3 fully saturated rings. The van der Waals surface area contributed by atoms with Gasteiger partial charge < -0.3 is 89.9 Å². The largest absolute Gasteiger partial charge is 0.394 e. The van der Waals surface area contributed by atoms with Gasteiger partial charge >= 0.3 is 0 Å². The summed E-state index contributed by atoms with van der Waals surface area (Å²) in [5, 5.41) is 121. The zero-order valence-electron chi connectivity index (χ0n) is 72.9. The minimum Gasteiger partial charge on any atom is -0.394 e. The normalized spacial score (nSPS) is 25.0. The van der Waals surface area contributed by atoms with E-state index >= 15 is 0 Å². The molecule has 17 unspecified atom stereocenters. The van der Waals surface area contributed by atoms with Crippen LogP contribution in [-0.2, 0) is 33.2 Å². The van der Waals surface area contributed by atoms with E-state index in [9.17, 15) is 61.0 Å². The number of hydrogen-bond donors (Lipinski definition) is 12. The van der Waals surface area contributed by atoms with Crippen LogP contribution in [-0.4, -0.2) is 193 Å². The molecule has 0 spiro atoms. The first-order chi connectivity index (χ1) is 57.3. The molecule has 12 N–H and O–H groups in total. The second kappa shape index (κ2) is 75.7.